The van der Waals surface area contributed by atoms with Crippen LogP contribution in [0.15, 0.2) is 201 Å². The van der Waals surface area contributed by atoms with Gasteiger partial charge in [0.25, 0.3) is 0 Å². The van der Waals surface area contributed by atoms with Gasteiger partial charge in [-0.25, -0.2) is 0 Å². The van der Waals surface area contributed by atoms with Crippen LogP contribution in [-0.4, -0.2) is 0 Å². The maximum Gasteiger partial charge on any atom is 0.195 e. The van der Waals surface area contributed by atoms with E-state index >= 15 is 0 Å². The largest absolute Gasteiger partial charge is 0.289 e. The van der Waals surface area contributed by atoms with Gasteiger partial charge in [-0.1, -0.05) is 146 Å². The monoisotopic (exact) mass is 742 g/mol. The Bertz CT molecular complexity index is 3230. The van der Waals surface area contributed by atoms with Gasteiger partial charge in [0.15, 0.2) is 21.7 Å². The highest BCUT2D eigenvalue weighted by molar-refractivity contribution is 6.16. The van der Waals surface area contributed by atoms with Crippen molar-refractivity contribution in [3.63, 3.8) is 0 Å². The van der Waals surface area contributed by atoms with E-state index in [1.54, 1.807) is 24.3 Å². The van der Waals surface area contributed by atoms with E-state index in [0.717, 1.165) is 43.8 Å². The highest BCUT2D eigenvalue weighted by Gasteiger charge is 2.22. The van der Waals surface area contributed by atoms with Crippen molar-refractivity contribution < 1.29 is 0 Å². The van der Waals surface area contributed by atoms with Crippen molar-refractivity contribution in [3.05, 3.63) is 223 Å². The number of hydrogen-bond acceptors (Lipinski definition) is 4. The molecule has 0 aliphatic rings. The van der Waals surface area contributed by atoms with Crippen molar-refractivity contribution in [1.29, 1.82) is 0 Å². The molecule has 0 heterocycles. The summed E-state index contributed by atoms with van der Waals surface area (Å²) in [5.74, 6) is 0. The molecule has 0 aliphatic heterocycles. The van der Waals surface area contributed by atoms with Gasteiger partial charge in [0.05, 0.1) is 0 Å². The van der Waals surface area contributed by atoms with Crippen LogP contribution in [0.4, 0.5) is 0 Å². The normalized spacial score (nSPS) is 11.7. The molecule has 11 aromatic rings. The second kappa shape index (κ2) is 12.9. The zero-order valence-corrected chi connectivity index (χ0v) is 31.0. The number of hydrogen-bond donors (Lipinski definition) is 0. The minimum atomic E-state index is -0.214. The first kappa shape index (κ1) is 33.5. The van der Waals surface area contributed by atoms with E-state index in [4.69, 9.17) is 0 Å². The highest BCUT2D eigenvalue weighted by atomic mass is 16.1. The Kier molecular flexibility index (Phi) is 7.44. The molecule has 11 aromatic carbocycles. The van der Waals surface area contributed by atoms with Gasteiger partial charge >= 0.3 is 0 Å². The van der Waals surface area contributed by atoms with Crippen molar-refractivity contribution in [2.75, 3.05) is 0 Å². The molecule has 0 bridgehead atoms. The molecular formula is C54H30O4. The summed E-state index contributed by atoms with van der Waals surface area (Å²) in [7, 11) is 0. The maximum absolute atomic E-state index is 14.8. The molecule has 58 heavy (non-hydrogen) atoms. The average molecular weight is 743 g/mol. The van der Waals surface area contributed by atoms with Gasteiger partial charge in [0.1, 0.15) is 0 Å². The molecule has 0 spiro atoms. The Labute approximate surface area is 330 Å². The summed E-state index contributed by atoms with van der Waals surface area (Å²) >= 11 is 0. The van der Waals surface area contributed by atoms with E-state index in [-0.39, 0.29) is 21.7 Å². The summed E-state index contributed by atoms with van der Waals surface area (Å²) in [5, 5.41) is 5.94. The Hall–Kier alpha value is -7.82. The first-order valence-electron chi connectivity index (χ1n) is 19.2. The summed E-state index contributed by atoms with van der Waals surface area (Å²) in [6, 6.07) is 57.6. The Morgan fingerprint density at radius 2 is 0.431 bits per heavy atom. The lowest BCUT2D eigenvalue weighted by molar-refractivity contribution is 1.60. The summed E-state index contributed by atoms with van der Waals surface area (Å²) in [6.45, 7) is 0. The predicted molar refractivity (Wildman–Crippen MR) is 241 cm³/mol. The van der Waals surface area contributed by atoms with Crippen molar-refractivity contribution in [3.8, 4) is 44.5 Å². The summed E-state index contributed by atoms with van der Waals surface area (Å²) < 4.78 is 0. The van der Waals surface area contributed by atoms with E-state index < -0.39 is 0 Å². The van der Waals surface area contributed by atoms with Crippen molar-refractivity contribution in [1.82, 2.24) is 0 Å². The second-order valence-electron chi connectivity index (χ2n) is 14.9. The van der Waals surface area contributed by atoms with Crippen LogP contribution in [0, 0.1) is 0 Å². The molecule has 4 heteroatoms. The molecule has 0 amide bonds. The van der Waals surface area contributed by atoms with Crippen LogP contribution >= 0.6 is 0 Å². The molecule has 0 fully saturated rings. The van der Waals surface area contributed by atoms with Gasteiger partial charge < -0.3 is 0 Å². The Morgan fingerprint density at radius 3 is 0.638 bits per heavy atom. The first-order chi connectivity index (χ1) is 28.4. The van der Waals surface area contributed by atoms with Crippen LogP contribution in [0.1, 0.15) is 0 Å². The molecule has 11 rings (SSSR count). The van der Waals surface area contributed by atoms with Crippen molar-refractivity contribution >= 4 is 64.6 Å². The lowest BCUT2D eigenvalue weighted by Gasteiger charge is -2.14. The second-order valence-corrected chi connectivity index (χ2v) is 14.9. The maximum atomic E-state index is 14.8. The molecule has 0 N–H and O–H groups in total. The fourth-order valence-electron chi connectivity index (χ4n) is 8.97. The molecule has 0 radical (unpaired) electrons. The minimum Gasteiger partial charge on any atom is -0.289 e. The highest BCUT2D eigenvalue weighted by Crippen LogP contribution is 2.37. The summed E-state index contributed by atoms with van der Waals surface area (Å²) in [4.78, 5) is 59.1. The summed E-state index contributed by atoms with van der Waals surface area (Å²) in [5.41, 5.74) is 5.38. The molecule has 0 aromatic heterocycles. The van der Waals surface area contributed by atoms with Crippen LogP contribution < -0.4 is 21.7 Å². The number of benzene rings is 11. The molecule has 0 aliphatic carbocycles. The molecule has 0 saturated heterocycles. The van der Waals surface area contributed by atoms with Crippen molar-refractivity contribution in [2.24, 2.45) is 0 Å². The van der Waals surface area contributed by atoms with E-state index in [9.17, 15) is 19.2 Å². The fourth-order valence-corrected chi connectivity index (χ4v) is 8.97. The smallest absolute Gasteiger partial charge is 0.195 e. The van der Waals surface area contributed by atoms with Gasteiger partial charge in [-0.3, -0.25) is 19.2 Å². The molecule has 0 unspecified atom stereocenters. The lowest BCUT2D eigenvalue weighted by Crippen LogP contribution is -2.15. The van der Waals surface area contributed by atoms with E-state index in [0.29, 0.717) is 65.3 Å². The number of rotatable bonds is 4. The average Bonchev–Trinajstić information content (AvgIpc) is 3.28. The number of fused-ring (bicyclic) bond motifs is 6. The fraction of sp³-hybridized carbons (Fsp3) is 0. The minimum absolute atomic E-state index is 0.214. The molecule has 4 nitrogen and oxygen atoms in total. The van der Waals surface area contributed by atoms with Gasteiger partial charge in [0, 0.05) is 43.1 Å². The third kappa shape index (κ3) is 5.02. The Balaban J connectivity index is 1.22. The lowest BCUT2D eigenvalue weighted by atomic mass is 9.88. The van der Waals surface area contributed by atoms with Crippen LogP contribution in [0.3, 0.4) is 0 Å². The third-order valence-electron chi connectivity index (χ3n) is 11.7. The topological polar surface area (TPSA) is 68.3 Å². The van der Waals surface area contributed by atoms with Gasteiger partial charge in [-0.15, -0.1) is 0 Å². The van der Waals surface area contributed by atoms with Crippen LogP contribution in [-0.2, 0) is 0 Å². The van der Waals surface area contributed by atoms with E-state index in [2.05, 4.69) is 0 Å². The molecular weight excluding hydrogens is 713 g/mol. The van der Waals surface area contributed by atoms with Crippen LogP contribution in [0.25, 0.3) is 109 Å². The zero-order chi connectivity index (χ0) is 39.1. The van der Waals surface area contributed by atoms with Gasteiger partial charge in [-0.2, -0.15) is 0 Å². The van der Waals surface area contributed by atoms with Gasteiger partial charge in [-0.05, 0) is 102 Å². The van der Waals surface area contributed by atoms with Crippen LogP contribution in [0.5, 0.6) is 0 Å². The standard InChI is InChI=1S/C54H30O4/c55-51-43-27-35-25-37-29-45-46(54(58)50-42(34-19-11-4-12-20-34)24-23-41(49(50)53(45)57)33-17-9-3-10-18-33)30-38(37)26-36(35)28-44(43)52(56)48-40(32-15-7-2-8-16-32)22-21-39(47(48)51)31-13-5-1-6-14-31/h1-30H. The molecule has 0 atom stereocenters. The van der Waals surface area contributed by atoms with E-state index in [1.165, 1.54) is 0 Å². The quantitative estimate of drug-likeness (QED) is 0.168. The van der Waals surface area contributed by atoms with E-state index in [1.807, 2.05) is 158 Å². The third-order valence-corrected chi connectivity index (χ3v) is 11.7. The Morgan fingerprint density at radius 1 is 0.224 bits per heavy atom. The van der Waals surface area contributed by atoms with Gasteiger partial charge in [0.2, 0.25) is 0 Å². The SMILES string of the molecule is O=c1c2cc3cc4cc5c(=O)c6c(-c7ccccc7)ccc(-c7ccccc7)c6c(=O)c5cc4cc3cc2c(=O)c2c(-c3ccccc3)ccc(-c3ccccc3)c12. The first-order valence-corrected chi connectivity index (χ1v) is 19.2. The van der Waals surface area contributed by atoms with Crippen LogP contribution in [0.2, 0.25) is 0 Å². The predicted octanol–water partition coefficient (Wildman–Crippen LogP) is 11.6. The molecule has 270 valence electrons. The summed E-state index contributed by atoms with van der Waals surface area (Å²) in [6.07, 6.45) is 0. The zero-order valence-electron chi connectivity index (χ0n) is 31.0. The van der Waals surface area contributed by atoms with Crippen molar-refractivity contribution in [2.45, 2.75) is 0 Å². The molecule has 0 saturated carbocycles.